The molecule has 22 heavy (non-hydrogen) atoms. The standard InChI is InChI=1S/C15H16ClNO3S2/c1-11-4-6-12(7-5-11)13(10-17-14(18)9-16)22(19,20)15-3-2-8-21-15/h2-8,13H,9-10H2,1H3,(H,17,18)/t13-/m1/s1. The Morgan fingerprint density at radius 1 is 1.27 bits per heavy atom. The molecule has 4 nitrogen and oxygen atoms in total. The van der Waals surface area contributed by atoms with Crippen LogP contribution in [0, 0.1) is 6.92 Å². The number of hydrogen-bond donors (Lipinski definition) is 1. The number of aryl methyl sites for hydroxylation is 1. The first-order valence-electron chi connectivity index (χ1n) is 6.62. The molecule has 1 atom stereocenters. The summed E-state index contributed by atoms with van der Waals surface area (Å²) in [7, 11) is -3.57. The minimum absolute atomic E-state index is 0.00511. The van der Waals surface area contributed by atoms with Crippen molar-refractivity contribution < 1.29 is 13.2 Å². The highest BCUT2D eigenvalue weighted by Crippen LogP contribution is 2.31. The molecule has 0 spiro atoms. The zero-order valence-electron chi connectivity index (χ0n) is 12.0. The normalized spacial score (nSPS) is 12.8. The second-order valence-corrected chi connectivity index (χ2v) is 8.39. The molecule has 0 aliphatic carbocycles. The summed E-state index contributed by atoms with van der Waals surface area (Å²) in [4.78, 5) is 11.4. The van der Waals surface area contributed by atoms with E-state index in [1.807, 2.05) is 19.1 Å². The zero-order valence-corrected chi connectivity index (χ0v) is 14.3. The number of hydrogen-bond acceptors (Lipinski definition) is 4. The molecule has 1 amide bonds. The van der Waals surface area contributed by atoms with Crippen molar-refractivity contribution in [3.63, 3.8) is 0 Å². The Morgan fingerprint density at radius 2 is 1.95 bits per heavy atom. The topological polar surface area (TPSA) is 63.2 Å². The summed E-state index contributed by atoms with van der Waals surface area (Å²) in [6, 6.07) is 10.5. The monoisotopic (exact) mass is 357 g/mol. The number of thiophene rings is 1. The molecular weight excluding hydrogens is 342 g/mol. The molecule has 0 saturated carbocycles. The van der Waals surface area contributed by atoms with E-state index in [-0.39, 0.29) is 22.5 Å². The van der Waals surface area contributed by atoms with Crippen LogP contribution in [-0.4, -0.2) is 26.7 Å². The van der Waals surface area contributed by atoms with Crippen LogP contribution in [0.1, 0.15) is 16.4 Å². The van der Waals surface area contributed by atoms with Gasteiger partial charge in [-0.05, 0) is 23.9 Å². The minimum atomic E-state index is -3.57. The van der Waals surface area contributed by atoms with Gasteiger partial charge in [0.05, 0.1) is 0 Å². The van der Waals surface area contributed by atoms with E-state index in [0.29, 0.717) is 5.56 Å². The lowest BCUT2D eigenvalue weighted by molar-refractivity contribution is -0.118. The van der Waals surface area contributed by atoms with Crippen molar-refractivity contribution in [2.24, 2.45) is 0 Å². The largest absolute Gasteiger partial charge is 0.353 e. The molecule has 1 aromatic heterocycles. The average Bonchev–Trinajstić information content (AvgIpc) is 3.04. The molecule has 0 radical (unpaired) electrons. The molecule has 0 aliphatic rings. The van der Waals surface area contributed by atoms with Gasteiger partial charge in [-0.25, -0.2) is 8.42 Å². The van der Waals surface area contributed by atoms with E-state index >= 15 is 0 Å². The van der Waals surface area contributed by atoms with Crippen molar-refractivity contribution in [1.29, 1.82) is 0 Å². The Kier molecular flexibility index (Phi) is 5.61. The molecule has 2 aromatic rings. The van der Waals surface area contributed by atoms with Gasteiger partial charge in [0.2, 0.25) is 5.91 Å². The van der Waals surface area contributed by atoms with Crippen LogP contribution in [-0.2, 0) is 14.6 Å². The number of carbonyl (C=O) groups excluding carboxylic acids is 1. The summed E-state index contributed by atoms with van der Waals surface area (Å²) in [5, 5.41) is 3.45. The van der Waals surface area contributed by atoms with E-state index in [2.05, 4.69) is 5.32 Å². The molecule has 0 aliphatic heterocycles. The summed E-state index contributed by atoms with van der Waals surface area (Å²) in [6.07, 6.45) is 0. The quantitative estimate of drug-likeness (QED) is 0.808. The van der Waals surface area contributed by atoms with E-state index in [1.54, 1.807) is 29.6 Å². The number of amides is 1. The predicted molar refractivity (Wildman–Crippen MR) is 89.2 cm³/mol. The number of carbonyl (C=O) groups is 1. The average molecular weight is 358 g/mol. The van der Waals surface area contributed by atoms with Crippen LogP contribution in [0.3, 0.4) is 0 Å². The van der Waals surface area contributed by atoms with E-state index in [0.717, 1.165) is 5.56 Å². The number of rotatable bonds is 6. The third kappa shape index (κ3) is 3.88. The van der Waals surface area contributed by atoms with Gasteiger partial charge < -0.3 is 5.32 Å². The van der Waals surface area contributed by atoms with Crippen LogP contribution < -0.4 is 5.32 Å². The van der Waals surface area contributed by atoms with Gasteiger partial charge in [-0.15, -0.1) is 22.9 Å². The van der Waals surface area contributed by atoms with Gasteiger partial charge in [-0.2, -0.15) is 0 Å². The lowest BCUT2D eigenvalue weighted by Crippen LogP contribution is -2.32. The Morgan fingerprint density at radius 3 is 2.50 bits per heavy atom. The van der Waals surface area contributed by atoms with Gasteiger partial charge in [0.25, 0.3) is 0 Å². The van der Waals surface area contributed by atoms with Gasteiger partial charge in [-0.3, -0.25) is 4.79 Å². The zero-order chi connectivity index (χ0) is 16.2. The van der Waals surface area contributed by atoms with Crippen molar-refractivity contribution in [3.8, 4) is 0 Å². The molecule has 1 heterocycles. The maximum atomic E-state index is 12.8. The summed E-state index contributed by atoms with van der Waals surface area (Å²) < 4.78 is 25.9. The number of sulfone groups is 1. The van der Waals surface area contributed by atoms with Crippen LogP contribution in [0.2, 0.25) is 0 Å². The van der Waals surface area contributed by atoms with Gasteiger partial charge in [0.1, 0.15) is 15.3 Å². The van der Waals surface area contributed by atoms with Crippen LogP contribution in [0.5, 0.6) is 0 Å². The smallest absolute Gasteiger partial charge is 0.234 e. The van der Waals surface area contributed by atoms with Gasteiger partial charge in [0.15, 0.2) is 9.84 Å². The first-order chi connectivity index (χ1) is 10.4. The fraction of sp³-hybridized carbons (Fsp3) is 0.267. The second kappa shape index (κ2) is 7.26. The van der Waals surface area contributed by atoms with E-state index in [9.17, 15) is 13.2 Å². The third-order valence-corrected chi connectivity index (χ3v) is 6.98. The molecular formula is C15H16ClNO3S2. The van der Waals surface area contributed by atoms with Gasteiger partial charge in [0, 0.05) is 6.54 Å². The number of benzene rings is 1. The second-order valence-electron chi connectivity index (χ2n) is 4.81. The lowest BCUT2D eigenvalue weighted by Gasteiger charge is -2.18. The molecule has 1 N–H and O–H groups in total. The van der Waals surface area contributed by atoms with E-state index in [4.69, 9.17) is 11.6 Å². The summed E-state index contributed by atoms with van der Waals surface area (Å²) in [5.74, 6) is -0.584. The third-order valence-electron chi connectivity index (χ3n) is 3.21. The summed E-state index contributed by atoms with van der Waals surface area (Å²) >= 11 is 6.63. The van der Waals surface area contributed by atoms with Gasteiger partial charge >= 0.3 is 0 Å². The SMILES string of the molecule is Cc1ccc([C@@H](CNC(=O)CCl)S(=O)(=O)c2cccs2)cc1. The maximum Gasteiger partial charge on any atom is 0.234 e. The van der Waals surface area contributed by atoms with E-state index in [1.165, 1.54) is 11.3 Å². The highest BCUT2D eigenvalue weighted by Gasteiger charge is 2.30. The molecule has 0 fully saturated rings. The van der Waals surface area contributed by atoms with Crippen molar-refractivity contribution >= 4 is 38.7 Å². The number of alkyl halides is 1. The van der Waals surface area contributed by atoms with Crippen molar-refractivity contribution in [3.05, 3.63) is 52.9 Å². The predicted octanol–water partition coefficient (Wildman–Crippen LogP) is 2.93. The van der Waals surface area contributed by atoms with Gasteiger partial charge in [-0.1, -0.05) is 35.9 Å². The van der Waals surface area contributed by atoms with Crippen LogP contribution in [0.15, 0.2) is 46.0 Å². The molecule has 7 heteroatoms. The Balaban J connectivity index is 2.37. The maximum absolute atomic E-state index is 12.8. The van der Waals surface area contributed by atoms with Crippen LogP contribution >= 0.6 is 22.9 Å². The molecule has 0 saturated heterocycles. The summed E-state index contributed by atoms with van der Waals surface area (Å²) in [6.45, 7) is 1.93. The lowest BCUT2D eigenvalue weighted by atomic mass is 10.1. The first kappa shape index (κ1) is 17.0. The molecule has 2 rings (SSSR count). The fourth-order valence-corrected chi connectivity index (χ4v) is 4.97. The van der Waals surface area contributed by atoms with Crippen molar-refractivity contribution in [2.75, 3.05) is 12.4 Å². The highest BCUT2D eigenvalue weighted by molar-refractivity contribution is 7.93. The Labute approximate surface area is 139 Å². The van der Waals surface area contributed by atoms with Crippen LogP contribution in [0.4, 0.5) is 0 Å². The fourth-order valence-electron chi connectivity index (χ4n) is 2.01. The first-order valence-corrected chi connectivity index (χ1v) is 9.58. The van der Waals surface area contributed by atoms with E-state index < -0.39 is 15.1 Å². The van der Waals surface area contributed by atoms with Crippen molar-refractivity contribution in [2.45, 2.75) is 16.4 Å². The number of halogens is 1. The molecule has 1 aromatic carbocycles. The molecule has 118 valence electrons. The van der Waals surface area contributed by atoms with Crippen molar-refractivity contribution in [1.82, 2.24) is 5.32 Å². The minimum Gasteiger partial charge on any atom is -0.353 e. The Bertz CT molecular complexity index is 725. The number of nitrogens with one attached hydrogen (secondary N) is 1. The van der Waals surface area contributed by atoms with Crippen LogP contribution in [0.25, 0.3) is 0 Å². The molecule has 0 unspecified atom stereocenters. The Hall–Kier alpha value is -1.37. The molecule has 0 bridgehead atoms. The highest BCUT2D eigenvalue weighted by atomic mass is 35.5. The summed E-state index contributed by atoms with van der Waals surface area (Å²) in [5.41, 5.74) is 1.69.